The van der Waals surface area contributed by atoms with Gasteiger partial charge in [0.1, 0.15) is 23.9 Å². The van der Waals surface area contributed by atoms with Gasteiger partial charge >= 0.3 is 11.9 Å². The standard InChI is InChI=1S/C32H48N2O10/c1-19(7-10-26-20(2)15-25(22(4)43-26)34-28(36)12-9-21(3)42-23(5)35)8-11-27-31(39)32(18-41-32)17-24(44-27)16-29(37)33-14-13-30(38)40-6/h7-9,11-12,20-22,24-27,31,39H,10,13-18H2,1-6H3,(H,33,37)(H,34,36)/b11-8+,12-9-,19-7+/t20-,21+,22-,24-,25-,26+,27-,31-,32-/m1/s1. The Kier molecular flexibility index (Phi) is 13.1. The van der Waals surface area contributed by atoms with E-state index in [1.807, 2.05) is 19.9 Å². The number of epoxide rings is 1. The Morgan fingerprint density at radius 2 is 1.86 bits per heavy atom. The van der Waals surface area contributed by atoms with Gasteiger partial charge in [0.25, 0.3) is 0 Å². The first kappa shape index (κ1) is 35.4. The molecule has 3 fully saturated rings. The second-order valence-electron chi connectivity index (χ2n) is 12.0. The largest absolute Gasteiger partial charge is 0.469 e. The average molecular weight is 621 g/mol. The number of esters is 2. The molecule has 3 aliphatic rings. The highest BCUT2D eigenvalue weighted by atomic mass is 16.6. The van der Waals surface area contributed by atoms with Crippen LogP contribution in [0.3, 0.4) is 0 Å². The molecule has 0 bridgehead atoms. The maximum absolute atomic E-state index is 12.4. The summed E-state index contributed by atoms with van der Waals surface area (Å²) in [5.74, 6) is -1.11. The summed E-state index contributed by atoms with van der Waals surface area (Å²) in [6.07, 6.45) is 8.12. The maximum Gasteiger partial charge on any atom is 0.307 e. The van der Waals surface area contributed by atoms with Gasteiger partial charge in [0, 0.05) is 26.0 Å². The summed E-state index contributed by atoms with van der Waals surface area (Å²) in [6, 6.07) is -0.141. The lowest BCUT2D eigenvalue weighted by Crippen LogP contribution is -2.51. The van der Waals surface area contributed by atoms with Crippen molar-refractivity contribution in [2.45, 2.75) is 115 Å². The Balaban J connectivity index is 1.48. The number of nitrogens with one attached hydrogen (secondary N) is 2. The molecule has 0 saturated carbocycles. The molecule has 0 aromatic rings. The molecule has 3 aliphatic heterocycles. The smallest absolute Gasteiger partial charge is 0.307 e. The summed E-state index contributed by atoms with van der Waals surface area (Å²) in [5, 5.41) is 16.6. The lowest BCUT2D eigenvalue weighted by atomic mass is 9.87. The number of hydrogen-bond donors (Lipinski definition) is 3. The summed E-state index contributed by atoms with van der Waals surface area (Å²) in [4.78, 5) is 47.1. The molecule has 0 aliphatic carbocycles. The minimum atomic E-state index is -0.848. The Morgan fingerprint density at radius 3 is 2.52 bits per heavy atom. The molecule has 9 atom stereocenters. The van der Waals surface area contributed by atoms with Crippen molar-refractivity contribution in [1.82, 2.24) is 10.6 Å². The summed E-state index contributed by atoms with van der Waals surface area (Å²) >= 11 is 0. The second kappa shape index (κ2) is 16.3. The predicted octanol–water partition coefficient (Wildman–Crippen LogP) is 2.04. The molecule has 3 heterocycles. The van der Waals surface area contributed by atoms with E-state index in [-0.39, 0.29) is 55.4 Å². The summed E-state index contributed by atoms with van der Waals surface area (Å²) in [7, 11) is 1.30. The van der Waals surface area contributed by atoms with E-state index in [0.717, 1.165) is 12.0 Å². The summed E-state index contributed by atoms with van der Waals surface area (Å²) in [5.41, 5.74) is 0.270. The first-order valence-electron chi connectivity index (χ1n) is 15.3. The number of rotatable bonds is 13. The van der Waals surface area contributed by atoms with Crippen molar-refractivity contribution < 1.29 is 48.0 Å². The van der Waals surface area contributed by atoms with Gasteiger partial charge in [-0.25, -0.2) is 0 Å². The Hall–Kier alpha value is -3.06. The number of carbonyl (C=O) groups is 4. The Labute approximate surface area is 259 Å². The molecule has 246 valence electrons. The molecule has 12 heteroatoms. The van der Waals surface area contributed by atoms with Gasteiger partial charge in [-0.2, -0.15) is 0 Å². The zero-order chi connectivity index (χ0) is 32.4. The molecule has 3 saturated heterocycles. The van der Waals surface area contributed by atoms with Crippen LogP contribution in [0.25, 0.3) is 0 Å². The molecule has 1 spiro atoms. The first-order chi connectivity index (χ1) is 20.8. The zero-order valence-electron chi connectivity index (χ0n) is 26.6. The van der Waals surface area contributed by atoms with Gasteiger partial charge in [-0.15, -0.1) is 0 Å². The van der Waals surface area contributed by atoms with Crippen LogP contribution < -0.4 is 10.6 Å². The topological polar surface area (TPSA) is 162 Å². The Bertz CT molecular complexity index is 1110. The van der Waals surface area contributed by atoms with Crippen LogP contribution in [0.5, 0.6) is 0 Å². The number of aliphatic hydroxyl groups excluding tert-OH is 1. The average Bonchev–Trinajstić information content (AvgIpc) is 3.73. The van der Waals surface area contributed by atoms with E-state index in [1.54, 1.807) is 19.1 Å². The fourth-order valence-corrected chi connectivity index (χ4v) is 5.57. The molecular formula is C32H48N2O10. The molecule has 3 rings (SSSR count). The van der Waals surface area contributed by atoms with Gasteiger partial charge in [0.05, 0.1) is 50.9 Å². The van der Waals surface area contributed by atoms with E-state index >= 15 is 0 Å². The van der Waals surface area contributed by atoms with Gasteiger partial charge in [0.15, 0.2) is 0 Å². The highest BCUT2D eigenvalue weighted by Crippen LogP contribution is 2.43. The molecule has 44 heavy (non-hydrogen) atoms. The molecule has 3 N–H and O–H groups in total. The minimum absolute atomic E-state index is 0.0252. The van der Waals surface area contributed by atoms with Crippen molar-refractivity contribution in [3.8, 4) is 0 Å². The van der Waals surface area contributed by atoms with Crippen molar-refractivity contribution in [3.63, 3.8) is 0 Å². The molecule has 0 unspecified atom stereocenters. The van der Waals surface area contributed by atoms with Gasteiger partial charge in [-0.1, -0.05) is 30.7 Å². The van der Waals surface area contributed by atoms with Crippen LogP contribution in [0.4, 0.5) is 0 Å². The number of ether oxygens (including phenoxy) is 5. The first-order valence-corrected chi connectivity index (χ1v) is 15.3. The summed E-state index contributed by atoms with van der Waals surface area (Å²) < 4.78 is 27.5. The monoisotopic (exact) mass is 620 g/mol. The number of hydrogen-bond acceptors (Lipinski definition) is 10. The number of allylic oxidation sites excluding steroid dienone is 2. The van der Waals surface area contributed by atoms with Crippen molar-refractivity contribution in [2.75, 3.05) is 20.3 Å². The van der Waals surface area contributed by atoms with E-state index in [9.17, 15) is 24.3 Å². The third kappa shape index (κ3) is 10.8. The number of amides is 2. The van der Waals surface area contributed by atoms with Crippen LogP contribution in [0, 0.1) is 5.92 Å². The maximum atomic E-state index is 12.4. The fraction of sp³-hybridized carbons (Fsp3) is 0.688. The van der Waals surface area contributed by atoms with Crippen LogP contribution in [0.2, 0.25) is 0 Å². The third-order valence-electron chi connectivity index (χ3n) is 8.22. The molecule has 12 nitrogen and oxygen atoms in total. The number of aliphatic hydroxyl groups is 1. The van der Waals surface area contributed by atoms with Crippen LogP contribution in [0.1, 0.15) is 66.7 Å². The minimum Gasteiger partial charge on any atom is -0.469 e. The summed E-state index contributed by atoms with van der Waals surface area (Å²) in [6.45, 7) is 9.61. The second-order valence-corrected chi connectivity index (χ2v) is 12.0. The van der Waals surface area contributed by atoms with Gasteiger partial charge in [-0.3, -0.25) is 19.2 Å². The van der Waals surface area contributed by atoms with Crippen LogP contribution in [0.15, 0.2) is 36.0 Å². The van der Waals surface area contributed by atoms with Crippen LogP contribution in [-0.2, 0) is 42.9 Å². The van der Waals surface area contributed by atoms with E-state index < -0.39 is 42.0 Å². The van der Waals surface area contributed by atoms with Gasteiger partial charge in [-0.05, 0) is 45.6 Å². The number of methoxy groups -OCH3 is 1. The van der Waals surface area contributed by atoms with Gasteiger partial charge in [0.2, 0.25) is 11.8 Å². The highest BCUT2D eigenvalue weighted by Gasteiger charge is 2.58. The quantitative estimate of drug-likeness (QED) is 0.120. The van der Waals surface area contributed by atoms with E-state index in [0.29, 0.717) is 19.4 Å². The molecular weight excluding hydrogens is 572 g/mol. The molecule has 0 aromatic heterocycles. The fourth-order valence-electron chi connectivity index (χ4n) is 5.57. The van der Waals surface area contributed by atoms with E-state index in [2.05, 4.69) is 28.4 Å². The van der Waals surface area contributed by atoms with Gasteiger partial charge < -0.3 is 39.4 Å². The third-order valence-corrected chi connectivity index (χ3v) is 8.22. The Morgan fingerprint density at radius 1 is 1.14 bits per heavy atom. The molecule has 0 radical (unpaired) electrons. The van der Waals surface area contributed by atoms with Crippen molar-refractivity contribution in [1.29, 1.82) is 0 Å². The highest BCUT2D eigenvalue weighted by molar-refractivity contribution is 5.87. The van der Waals surface area contributed by atoms with E-state index in [1.165, 1.54) is 20.1 Å². The zero-order valence-corrected chi connectivity index (χ0v) is 26.6. The number of carbonyl (C=O) groups excluding carboxylic acids is 4. The lowest BCUT2D eigenvalue weighted by molar-refractivity contribution is -0.145. The van der Waals surface area contributed by atoms with E-state index in [4.69, 9.17) is 18.9 Å². The van der Waals surface area contributed by atoms with Crippen LogP contribution in [-0.4, -0.2) is 97.4 Å². The van der Waals surface area contributed by atoms with Crippen LogP contribution >= 0.6 is 0 Å². The van der Waals surface area contributed by atoms with Crippen molar-refractivity contribution in [2.24, 2.45) is 5.92 Å². The predicted molar refractivity (Wildman–Crippen MR) is 160 cm³/mol. The molecule has 0 aromatic carbocycles. The SMILES string of the molecule is COC(=O)CCNC(=O)C[C@@H]1C[C@@]2(CO2)[C@H](O)[C@@H](/C=C/C(C)=C/C[C@@H]2O[C@H](C)[C@H](NC(=O)/C=C\[C@H](C)OC(C)=O)C[C@H]2C)O1. The lowest BCUT2D eigenvalue weighted by Gasteiger charge is -2.39. The van der Waals surface area contributed by atoms with Crippen molar-refractivity contribution in [3.05, 3.63) is 36.0 Å². The molecule has 2 amide bonds. The normalized spacial score (nSPS) is 32.8. The van der Waals surface area contributed by atoms with Crippen molar-refractivity contribution >= 4 is 23.8 Å².